The van der Waals surface area contributed by atoms with E-state index in [0.29, 0.717) is 11.4 Å². The van der Waals surface area contributed by atoms with Gasteiger partial charge in [-0.3, -0.25) is 0 Å². The minimum Gasteiger partial charge on any atom is -0.324 e. The van der Waals surface area contributed by atoms with Crippen molar-refractivity contribution in [3.63, 3.8) is 0 Å². The highest BCUT2D eigenvalue weighted by atomic mass is 35.5. The Labute approximate surface area is 120 Å². The highest BCUT2D eigenvalue weighted by Crippen LogP contribution is 2.29. The minimum atomic E-state index is -4.40. The molecular formula is C12H14ClF3N4. The fourth-order valence-electron chi connectivity index (χ4n) is 1.66. The smallest absolute Gasteiger partial charge is 0.324 e. The van der Waals surface area contributed by atoms with E-state index in [1.54, 1.807) is 19.2 Å². The molecule has 2 aromatic rings. The second kappa shape index (κ2) is 5.80. The van der Waals surface area contributed by atoms with E-state index in [1.807, 2.05) is 6.92 Å². The number of pyridine rings is 1. The molecule has 20 heavy (non-hydrogen) atoms. The van der Waals surface area contributed by atoms with Crippen LogP contribution in [0.15, 0.2) is 24.7 Å². The van der Waals surface area contributed by atoms with Crippen molar-refractivity contribution in [2.45, 2.75) is 26.1 Å². The molecule has 2 heterocycles. The third kappa shape index (κ3) is 3.29. The van der Waals surface area contributed by atoms with E-state index in [9.17, 15) is 13.2 Å². The van der Waals surface area contributed by atoms with Gasteiger partial charge in [-0.25, -0.2) is 9.67 Å². The first kappa shape index (κ1) is 16.5. The Hall–Kier alpha value is -1.60. The standard InChI is InChI=1S/C12H13F3N4.ClH/c1-7-3-9(8(2)16)4-17-11(7)19-6-10(5-18-19)12(13,14)15;/h3-6,8H,16H2,1-2H3;1H. The van der Waals surface area contributed by atoms with Gasteiger partial charge >= 0.3 is 6.18 Å². The van der Waals surface area contributed by atoms with Crippen LogP contribution in [0.2, 0.25) is 0 Å². The molecule has 0 aromatic carbocycles. The topological polar surface area (TPSA) is 56.7 Å². The predicted molar refractivity (Wildman–Crippen MR) is 70.9 cm³/mol. The fourth-order valence-corrected chi connectivity index (χ4v) is 1.66. The summed E-state index contributed by atoms with van der Waals surface area (Å²) in [4.78, 5) is 4.12. The largest absolute Gasteiger partial charge is 0.419 e. The summed E-state index contributed by atoms with van der Waals surface area (Å²) in [5.41, 5.74) is 6.46. The molecule has 4 nitrogen and oxygen atoms in total. The molecule has 2 N–H and O–H groups in total. The summed E-state index contributed by atoms with van der Waals surface area (Å²) < 4.78 is 38.6. The van der Waals surface area contributed by atoms with Crippen molar-refractivity contribution in [2.24, 2.45) is 5.73 Å². The lowest BCUT2D eigenvalue weighted by molar-refractivity contribution is -0.137. The van der Waals surface area contributed by atoms with Gasteiger partial charge in [0.05, 0.1) is 11.8 Å². The van der Waals surface area contributed by atoms with E-state index in [4.69, 9.17) is 5.73 Å². The van der Waals surface area contributed by atoms with Crippen LogP contribution in [0.5, 0.6) is 0 Å². The van der Waals surface area contributed by atoms with Crippen LogP contribution in [0.3, 0.4) is 0 Å². The zero-order valence-electron chi connectivity index (χ0n) is 10.8. The van der Waals surface area contributed by atoms with Crippen molar-refractivity contribution < 1.29 is 13.2 Å². The molecular weight excluding hydrogens is 293 g/mol. The monoisotopic (exact) mass is 306 g/mol. The molecule has 1 unspecified atom stereocenters. The number of aryl methyl sites for hydroxylation is 1. The van der Waals surface area contributed by atoms with Crippen molar-refractivity contribution in [3.05, 3.63) is 41.3 Å². The lowest BCUT2D eigenvalue weighted by atomic mass is 10.1. The van der Waals surface area contributed by atoms with Crippen molar-refractivity contribution >= 4 is 12.4 Å². The molecule has 0 aliphatic carbocycles. The lowest BCUT2D eigenvalue weighted by Crippen LogP contribution is -2.08. The van der Waals surface area contributed by atoms with Crippen LogP contribution >= 0.6 is 12.4 Å². The van der Waals surface area contributed by atoms with Gasteiger partial charge in [-0.15, -0.1) is 12.4 Å². The van der Waals surface area contributed by atoms with E-state index < -0.39 is 11.7 Å². The second-order valence-electron chi connectivity index (χ2n) is 4.37. The molecule has 0 aliphatic heterocycles. The highest BCUT2D eigenvalue weighted by Gasteiger charge is 2.32. The molecule has 0 bridgehead atoms. The Kier molecular flexibility index (Phi) is 4.77. The van der Waals surface area contributed by atoms with Crippen LogP contribution in [-0.2, 0) is 6.18 Å². The number of aromatic nitrogens is 3. The van der Waals surface area contributed by atoms with Crippen LogP contribution < -0.4 is 5.73 Å². The molecule has 2 rings (SSSR count). The Morgan fingerprint density at radius 2 is 1.95 bits per heavy atom. The highest BCUT2D eigenvalue weighted by molar-refractivity contribution is 5.85. The van der Waals surface area contributed by atoms with Crippen LogP contribution in [0, 0.1) is 6.92 Å². The van der Waals surface area contributed by atoms with Gasteiger partial charge in [0.15, 0.2) is 5.82 Å². The molecule has 2 aromatic heterocycles. The van der Waals surface area contributed by atoms with Gasteiger partial charge in [-0.05, 0) is 31.0 Å². The summed E-state index contributed by atoms with van der Waals surface area (Å²) >= 11 is 0. The quantitative estimate of drug-likeness (QED) is 0.928. The minimum absolute atomic E-state index is 0. The first-order chi connectivity index (χ1) is 8.79. The third-order valence-corrected chi connectivity index (χ3v) is 2.72. The number of rotatable bonds is 2. The molecule has 8 heteroatoms. The second-order valence-corrected chi connectivity index (χ2v) is 4.37. The Morgan fingerprint density at radius 3 is 2.40 bits per heavy atom. The summed E-state index contributed by atoms with van der Waals surface area (Å²) in [6.45, 7) is 3.56. The maximum Gasteiger partial charge on any atom is 0.419 e. The summed E-state index contributed by atoms with van der Waals surface area (Å²) in [5, 5.41) is 3.69. The molecule has 110 valence electrons. The molecule has 1 atom stereocenters. The molecule has 0 aliphatic rings. The Morgan fingerprint density at radius 1 is 1.30 bits per heavy atom. The number of nitrogens with zero attached hydrogens (tertiary/aromatic N) is 3. The van der Waals surface area contributed by atoms with Crippen molar-refractivity contribution in [1.29, 1.82) is 0 Å². The summed E-state index contributed by atoms with van der Waals surface area (Å²) in [6, 6.07) is 1.62. The summed E-state index contributed by atoms with van der Waals surface area (Å²) in [6.07, 6.45) is -1.17. The predicted octanol–water partition coefficient (Wildman–Crippen LogP) is 3.04. The Balaban J connectivity index is 0.00000200. The van der Waals surface area contributed by atoms with Crippen molar-refractivity contribution in [3.8, 4) is 5.82 Å². The van der Waals surface area contributed by atoms with E-state index >= 15 is 0 Å². The van der Waals surface area contributed by atoms with Crippen LogP contribution in [0.25, 0.3) is 5.82 Å². The first-order valence-electron chi connectivity index (χ1n) is 5.63. The zero-order valence-corrected chi connectivity index (χ0v) is 11.7. The maximum atomic E-state index is 12.5. The SMILES string of the molecule is Cc1cc(C(C)N)cnc1-n1cc(C(F)(F)F)cn1.Cl. The molecule has 0 spiro atoms. The van der Waals surface area contributed by atoms with Crippen molar-refractivity contribution in [2.75, 3.05) is 0 Å². The van der Waals surface area contributed by atoms with E-state index in [-0.39, 0.29) is 18.4 Å². The van der Waals surface area contributed by atoms with Gasteiger partial charge in [0.2, 0.25) is 0 Å². The van der Waals surface area contributed by atoms with E-state index in [1.165, 1.54) is 0 Å². The van der Waals surface area contributed by atoms with Gasteiger partial charge < -0.3 is 5.73 Å². The Bertz CT molecular complexity index is 593. The van der Waals surface area contributed by atoms with Gasteiger partial charge in [-0.2, -0.15) is 18.3 Å². The third-order valence-electron chi connectivity index (χ3n) is 2.72. The molecule has 0 saturated carbocycles. The average Bonchev–Trinajstić information content (AvgIpc) is 2.77. The molecule has 0 amide bonds. The number of hydrogen-bond donors (Lipinski definition) is 1. The summed E-state index contributed by atoms with van der Waals surface area (Å²) in [7, 11) is 0. The van der Waals surface area contributed by atoms with Crippen LogP contribution in [0.4, 0.5) is 13.2 Å². The maximum absolute atomic E-state index is 12.5. The summed E-state index contributed by atoms with van der Waals surface area (Å²) in [5.74, 6) is 0.361. The van der Waals surface area contributed by atoms with Crippen molar-refractivity contribution in [1.82, 2.24) is 14.8 Å². The van der Waals surface area contributed by atoms with Gasteiger partial charge in [0, 0.05) is 18.4 Å². The van der Waals surface area contributed by atoms with Crippen LogP contribution in [-0.4, -0.2) is 14.8 Å². The molecule has 0 fully saturated rings. The average molecular weight is 307 g/mol. The van der Waals surface area contributed by atoms with Gasteiger partial charge in [-0.1, -0.05) is 0 Å². The molecule has 0 radical (unpaired) electrons. The normalized spacial score (nSPS) is 12.9. The molecule has 0 saturated heterocycles. The van der Waals surface area contributed by atoms with Crippen LogP contribution in [0.1, 0.15) is 29.7 Å². The van der Waals surface area contributed by atoms with E-state index in [0.717, 1.165) is 22.6 Å². The van der Waals surface area contributed by atoms with Gasteiger partial charge in [0.1, 0.15) is 0 Å². The number of alkyl halides is 3. The zero-order chi connectivity index (χ0) is 14.2. The van der Waals surface area contributed by atoms with Gasteiger partial charge in [0.25, 0.3) is 0 Å². The number of nitrogens with two attached hydrogens (primary N) is 1. The lowest BCUT2D eigenvalue weighted by Gasteiger charge is -2.09. The van der Waals surface area contributed by atoms with E-state index in [2.05, 4.69) is 10.1 Å². The fraction of sp³-hybridized carbons (Fsp3) is 0.333. The first-order valence-corrected chi connectivity index (χ1v) is 5.63. The number of halogens is 4. The number of hydrogen-bond acceptors (Lipinski definition) is 3.